The molecule has 0 spiro atoms. The summed E-state index contributed by atoms with van der Waals surface area (Å²) < 4.78 is 59.1. The average Bonchev–Trinajstić information content (AvgIpc) is 3.21. The molecule has 2 N–H and O–H groups in total. The van der Waals surface area contributed by atoms with Crippen LogP contribution in [0.1, 0.15) is 12.5 Å². The molecular formula is C23H26Cl2F3N5O4S. The van der Waals surface area contributed by atoms with Crippen molar-refractivity contribution in [3.63, 3.8) is 0 Å². The number of rotatable bonds is 5. The third-order valence-electron chi connectivity index (χ3n) is 5.94. The first-order chi connectivity index (χ1) is 17.7. The smallest absolute Gasteiger partial charge is 0.475 e. The lowest BCUT2D eigenvalue weighted by Crippen LogP contribution is -2.47. The maximum atomic E-state index is 12.9. The Morgan fingerprint density at radius 2 is 1.76 bits per heavy atom. The van der Waals surface area contributed by atoms with Crippen LogP contribution in [0.2, 0.25) is 10.0 Å². The highest BCUT2D eigenvalue weighted by Crippen LogP contribution is 2.27. The number of benzene rings is 1. The maximum absolute atomic E-state index is 12.9. The monoisotopic (exact) mass is 595 g/mol. The number of hydrogen-bond acceptors (Lipinski definition) is 7. The van der Waals surface area contributed by atoms with Crippen LogP contribution in [-0.2, 0) is 21.2 Å². The Balaban J connectivity index is 0.000000505. The van der Waals surface area contributed by atoms with Gasteiger partial charge >= 0.3 is 12.1 Å². The van der Waals surface area contributed by atoms with Gasteiger partial charge in [-0.05, 0) is 55.8 Å². The molecule has 2 aliphatic heterocycles. The third-order valence-corrected chi connectivity index (χ3v) is 8.41. The predicted molar refractivity (Wildman–Crippen MR) is 138 cm³/mol. The van der Waals surface area contributed by atoms with Crippen molar-refractivity contribution < 1.29 is 31.5 Å². The molecular weight excluding hydrogens is 570 g/mol. The van der Waals surface area contributed by atoms with Crippen molar-refractivity contribution in [2.75, 3.05) is 44.8 Å². The number of likely N-dealkylation sites (N-methyl/N-ethyl adjacent to an activating group) is 1. The molecule has 2 aromatic rings. The predicted octanol–water partition coefficient (Wildman–Crippen LogP) is 3.80. The summed E-state index contributed by atoms with van der Waals surface area (Å²) in [4.78, 5) is 15.7. The topological polar surface area (TPSA) is 106 Å². The van der Waals surface area contributed by atoms with Crippen LogP contribution in [0.3, 0.4) is 0 Å². The van der Waals surface area contributed by atoms with E-state index in [1.54, 1.807) is 18.2 Å². The van der Waals surface area contributed by atoms with Crippen molar-refractivity contribution in [3.05, 3.63) is 63.4 Å². The fourth-order valence-electron chi connectivity index (χ4n) is 3.71. The molecule has 1 aromatic heterocycles. The van der Waals surface area contributed by atoms with Gasteiger partial charge in [-0.1, -0.05) is 29.3 Å². The number of carboxylic acid groups (broad SMARTS) is 1. The van der Waals surface area contributed by atoms with Gasteiger partial charge in [0.2, 0.25) is 10.0 Å². The second kappa shape index (κ2) is 12.1. The molecule has 3 heterocycles. The number of pyridine rings is 1. The summed E-state index contributed by atoms with van der Waals surface area (Å²) in [5, 5.41) is 10.3. The van der Waals surface area contributed by atoms with Gasteiger partial charge in [0.1, 0.15) is 10.7 Å². The lowest BCUT2D eigenvalue weighted by molar-refractivity contribution is -0.192. The number of carboxylic acids is 1. The first-order valence-corrected chi connectivity index (χ1v) is 13.5. The standard InChI is InChI=1S/C21H25Cl2N5O2S.C2HF3O2/c1-15-17(11-16-3-4-18(22)12-20(16)23)14-28(25-15)21-6-5-19(13-24-21)31(29,30)27-9-7-26(2)8-10-27;3-2(4,5)1(6)7/h3-6,12-13,25H,7-11,14H2,1-2H3;(H,6,7). The second-order valence-electron chi connectivity index (χ2n) is 8.70. The van der Waals surface area contributed by atoms with E-state index in [1.807, 2.05) is 31.1 Å². The Bertz CT molecular complexity index is 1300. The SMILES string of the molecule is CC1=C(Cc2ccc(Cl)cc2Cl)CN(c2ccc(S(=O)(=O)N3CCN(C)CC3)cn2)N1.O=C(O)C(F)(F)F. The summed E-state index contributed by atoms with van der Waals surface area (Å²) in [5.74, 6) is -2.10. The number of hydrogen-bond donors (Lipinski definition) is 2. The number of nitrogens with one attached hydrogen (secondary N) is 1. The minimum atomic E-state index is -5.08. The van der Waals surface area contributed by atoms with Gasteiger partial charge in [-0.25, -0.2) is 18.2 Å². The van der Waals surface area contributed by atoms with Gasteiger partial charge in [-0.2, -0.15) is 17.5 Å². The maximum Gasteiger partial charge on any atom is 0.490 e. The zero-order chi connectivity index (χ0) is 28.3. The summed E-state index contributed by atoms with van der Waals surface area (Å²) in [6.45, 7) is 5.08. The number of aromatic nitrogens is 1. The van der Waals surface area contributed by atoms with E-state index in [1.165, 1.54) is 16.1 Å². The summed E-state index contributed by atoms with van der Waals surface area (Å²) in [6, 6.07) is 8.88. The van der Waals surface area contributed by atoms with Crippen LogP contribution >= 0.6 is 23.2 Å². The van der Waals surface area contributed by atoms with Gasteiger partial charge in [0.15, 0.2) is 0 Å². The van der Waals surface area contributed by atoms with Crippen LogP contribution in [0, 0.1) is 0 Å². The highest BCUT2D eigenvalue weighted by atomic mass is 35.5. The van der Waals surface area contributed by atoms with Crippen molar-refractivity contribution in [1.82, 2.24) is 19.6 Å². The minimum absolute atomic E-state index is 0.220. The molecule has 0 unspecified atom stereocenters. The highest BCUT2D eigenvalue weighted by molar-refractivity contribution is 7.89. The van der Waals surface area contributed by atoms with Crippen molar-refractivity contribution in [3.8, 4) is 0 Å². The number of carbonyl (C=O) groups is 1. The van der Waals surface area contributed by atoms with Gasteiger partial charge in [-0.15, -0.1) is 0 Å². The third kappa shape index (κ3) is 7.50. The van der Waals surface area contributed by atoms with Crippen LogP contribution in [0.5, 0.6) is 0 Å². The Morgan fingerprint density at radius 1 is 1.13 bits per heavy atom. The number of allylic oxidation sites excluding steroid dienone is 1. The van der Waals surface area contributed by atoms with Crippen molar-refractivity contribution in [2.24, 2.45) is 0 Å². The number of nitrogens with zero attached hydrogens (tertiary/aromatic N) is 4. The number of anilines is 1. The zero-order valence-corrected chi connectivity index (χ0v) is 22.8. The van der Waals surface area contributed by atoms with Crippen LogP contribution in [-0.4, -0.2) is 79.6 Å². The minimum Gasteiger partial charge on any atom is -0.475 e. The van der Waals surface area contributed by atoms with Gasteiger partial charge in [0, 0.05) is 48.1 Å². The van der Waals surface area contributed by atoms with Crippen LogP contribution < -0.4 is 10.4 Å². The van der Waals surface area contributed by atoms with Crippen molar-refractivity contribution in [1.29, 1.82) is 0 Å². The largest absolute Gasteiger partial charge is 0.490 e. The fraction of sp³-hybridized carbons (Fsp3) is 0.391. The molecule has 1 fully saturated rings. The van der Waals surface area contributed by atoms with Gasteiger partial charge in [-0.3, -0.25) is 5.01 Å². The van der Waals surface area contributed by atoms with E-state index in [9.17, 15) is 21.6 Å². The summed E-state index contributed by atoms with van der Waals surface area (Å²) in [5.41, 5.74) is 6.53. The first kappa shape index (κ1) is 30.0. The van der Waals surface area contributed by atoms with Gasteiger partial charge < -0.3 is 15.4 Å². The average molecular weight is 596 g/mol. The van der Waals surface area contributed by atoms with E-state index in [2.05, 4.69) is 15.3 Å². The lowest BCUT2D eigenvalue weighted by Gasteiger charge is -2.31. The summed E-state index contributed by atoms with van der Waals surface area (Å²) in [6.07, 6.45) is -2.95. The molecule has 38 heavy (non-hydrogen) atoms. The number of sulfonamides is 1. The van der Waals surface area contributed by atoms with E-state index in [-0.39, 0.29) is 4.90 Å². The summed E-state index contributed by atoms with van der Waals surface area (Å²) in [7, 11) is -1.53. The number of alkyl halides is 3. The van der Waals surface area contributed by atoms with Gasteiger partial charge in [0.05, 0.1) is 6.54 Å². The van der Waals surface area contributed by atoms with Crippen molar-refractivity contribution in [2.45, 2.75) is 24.4 Å². The van der Waals surface area contributed by atoms with Crippen LogP contribution in [0.25, 0.3) is 0 Å². The van der Waals surface area contributed by atoms with E-state index in [0.717, 1.165) is 24.4 Å². The van der Waals surface area contributed by atoms with Crippen LogP contribution in [0.4, 0.5) is 19.0 Å². The first-order valence-electron chi connectivity index (χ1n) is 11.3. The Kier molecular flexibility index (Phi) is 9.52. The molecule has 0 amide bonds. The van der Waals surface area contributed by atoms with E-state index in [4.69, 9.17) is 33.1 Å². The molecule has 1 saturated heterocycles. The lowest BCUT2D eigenvalue weighted by atomic mass is 10.0. The zero-order valence-electron chi connectivity index (χ0n) is 20.5. The Morgan fingerprint density at radius 3 is 2.29 bits per heavy atom. The number of halogens is 5. The number of aliphatic carboxylic acids is 1. The molecule has 1 aromatic carbocycles. The Labute approximate surface area is 228 Å². The molecule has 15 heteroatoms. The molecule has 0 bridgehead atoms. The molecule has 0 saturated carbocycles. The van der Waals surface area contributed by atoms with E-state index >= 15 is 0 Å². The number of piperazine rings is 1. The number of hydrazine groups is 1. The summed E-state index contributed by atoms with van der Waals surface area (Å²) >= 11 is 12.3. The fourth-order valence-corrected chi connectivity index (χ4v) is 5.56. The highest BCUT2D eigenvalue weighted by Gasteiger charge is 2.38. The van der Waals surface area contributed by atoms with Crippen molar-refractivity contribution >= 4 is 45.0 Å². The molecule has 0 radical (unpaired) electrons. The quantitative estimate of drug-likeness (QED) is 0.538. The van der Waals surface area contributed by atoms with E-state index < -0.39 is 22.2 Å². The molecule has 208 valence electrons. The molecule has 0 aliphatic carbocycles. The van der Waals surface area contributed by atoms with Gasteiger partial charge in [0.25, 0.3) is 0 Å². The Hall–Kier alpha value is -2.58. The second-order valence-corrected chi connectivity index (χ2v) is 11.5. The molecule has 2 aliphatic rings. The van der Waals surface area contributed by atoms with Crippen LogP contribution in [0.15, 0.2) is 52.7 Å². The molecule has 9 nitrogen and oxygen atoms in total. The molecule has 0 atom stereocenters. The normalized spacial score (nSPS) is 17.2. The van der Waals surface area contributed by atoms with E-state index in [0.29, 0.717) is 41.9 Å². The molecule has 4 rings (SSSR count).